The van der Waals surface area contributed by atoms with E-state index in [2.05, 4.69) is 10.2 Å². The van der Waals surface area contributed by atoms with Crippen LogP contribution in [0.1, 0.15) is 24.8 Å². The van der Waals surface area contributed by atoms with Gasteiger partial charge in [-0.25, -0.2) is 0 Å². The fraction of sp³-hybridized carbons (Fsp3) is 0.700. The lowest BCUT2D eigenvalue weighted by Crippen LogP contribution is -2.45. The van der Waals surface area contributed by atoms with Crippen LogP contribution in [0.2, 0.25) is 0 Å². The van der Waals surface area contributed by atoms with Crippen LogP contribution in [-0.4, -0.2) is 28.7 Å². The summed E-state index contributed by atoms with van der Waals surface area (Å²) in [6, 6.07) is 0.0182. The van der Waals surface area contributed by atoms with Crippen LogP contribution >= 0.6 is 11.3 Å². The normalized spacial score (nSPS) is 24.5. The number of nitrogens with two attached hydrogens (primary N) is 1. The monoisotopic (exact) mass is 294 g/mol. The Morgan fingerprint density at radius 3 is 2.63 bits per heavy atom. The summed E-state index contributed by atoms with van der Waals surface area (Å²) in [5, 5.41) is 5.94. The number of anilines is 1. The van der Waals surface area contributed by atoms with Crippen LogP contribution in [0.25, 0.3) is 0 Å². The van der Waals surface area contributed by atoms with Crippen molar-refractivity contribution in [1.29, 1.82) is 0 Å². The van der Waals surface area contributed by atoms with E-state index in [4.69, 9.17) is 5.73 Å². The second-order valence-electron chi connectivity index (χ2n) is 4.57. The van der Waals surface area contributed by atoms with Crippen molar-refractivity contribution in [3.63, 3.8) is 0 Å². The lowest BCUT2D eigenvalue weighted by molar-refractivity contribution is -0.138. The number of hydrogen-bond acceptors (Lipinski definition) is 5. The van der Waals surface area contributed by atoms with Gasteiger partial charge in [0.1, 0.15) is 0 Å². The fourth-order valence-electron chi connectivity index (χ4n) is 2.05. The van der Waals surface area contributed by atoms with E-state index < -0.39 is 17.1 Å². The number of amides is 1. The Morgan fingerprint density at radius 1 is 1.42 bits per heavy atom. The highest BCUT2D eigenvalue weighted by Crippen LogP contribution is 2.36. The molecule has 1 aromatic rings. The molecule has 1 saturated heterocycles. The summed E-state index contributed by atoms with van der Waals surface area (Å²) in [6.07, 6.45) is -3.15. The zero-order chi connectivity index (χ0) is 14.2. The summed E-state index contributed by atoms with van der Waals surface area (Å²) in [7, 11) is 0. The van der Waals surface area contributed by atoms with Gasteiger partial charge in [0.2, 0.25) is 16.0 Å². The maximum atomic E-state index is 12.5. The highest BCUT2D eigenvalue weighted by molar-refractivity contribution is 7.15. The molecule has 1 aliphatic heterocycles. The van der Waals surface area contributed by atoms with Gasteiger partial charge in [0.15, 0.2) is 0 Å². The molecule has 0 saturated carbocycles. The molecule has 0 spiro atoms. The van der Waals surface area contributed by atoms with Crippen LogP contribution in [0.15, 0.2) is 0 Å². The van der Waals surface area contributed by atoms with Crippen molar-refractivity contribution >= 4 is 22.4 Å². The van der Waals surface area contributed by atoms with Gasteiger partial charge < -0.3 is 10.6 Å². The van der Waals surface area contributed by atoms with E-state index >= 15 is 0 Å². The van der Waals surface area contributed by atoms with Gasteiger partial charge in [-0.1, -0.05) is 11.3 Å². The molecule has 0 unspecified atom stereocenters. The number of carbonyl (C=O) groups excluding carboxylic acids is 1. The molecule has 9 heteroatoms. The molecule has 1 fully saturated rings. The molecule has 0 aromatic carbocycles. The molecule has 0 bridgehead atoms. The topological polar surface area (TPSA) is 72.1 Å². The minimum Gasteiger partial charge on any atom is -0.369 e. The second-order valence-corrected chi connectivity index (χ2v) is 5.52. The molecule has 5 nitrogen and oxygen atoms in total. The Bertz CT molecular complexity index is 476. The van der Waals surface area contributed by atoms with Crippen molar-refractivity contribution in [3.8, 4) is 0 Å². The van der Waals surface area contributed by atoms with Gasteiger partial charge in [-0.2, -0.15) is 13.2 Å². The molecule has 1 amide bonds. The Hall–Kier alpha value is -1.38. The fourth-order valence-corrected chi connectivity index (χ4v) is 2.88. The first-order chi connectivity index (χ1) is 8.79. The third-order valence-corrected chi connectivity index (χ3v) is 4.19. The zero-order valence-electron chi connectivity index (χ0n) is 10.1. The quantitative estimate of drug-likeness (QED) is 0.900. The van der Waals surface area contributed by atoms with Gasteiger partial charge in [-0.3, -0.25) is 4.79 Å². The average Bonchev–Trinajstić information content (AvgIpc) is 2.78. The lowest BCUT2D eigenvalue weighted by atomic mass is 9.93. The van der Waals surface area contributed by atoms with Crippen molar-refractivity contribution in [2.24, 2.45) is 11.7 Å². The summed E-state index contributed by atoms with van der Waals surface area (Å²) in [4.78, 5) is 12.9. The second kappa shape index (κ2) is 4.95. The van der Waals surface area contributed by atoms with Crippen LogP contribution in [0, 0.1) is 5.92 Å². The van der Waals surface area contributed by atoms with Gasteiger partial charge in [-0.05, 0) is 19.8 Å². The van der Waals surface area contributed by atoms with Gasteiger partial charge >= 0.3 is 6.18 Å². The number of nitrogens with zero attached hydrogens (tertiary/aromatic N) is 3. The average molecular weight is 294 g/mol. The first kappa shape index (κ1) is 14.0. The van der Waals surface area contributed by atoms with Crippen molar-refractivity contribution < 1.29 is 18.0 Å². The van der Waals surface area contributed by atoms with Crippen LogP contribution in [0.3, 0.4) is 0 Å². The largest absolute Gasteiger partial charge is 0.445 e. The van der Waals surface area contributed by atoms with E-state index in [0.717, 1.165) is 0 Å². The van der Waals surface area contributed by atoms with E-state index in [1.165, 1.54) is 0 Å². The van der Waals surface area contributed by atoms with E-state index in [1.54, 1.807) is 4.90 Å². The van der Waals surface area contributed by atoms with Crippen molar-refractivity contribution in [3.05, 3.63) is 5.01 Å². The van der Waals surface area contributed by atoms with E-state index in [9.17, 15) is 18.0 Å². The van der Waals surface area contributed by atoms with Gasteiger partial charge in [0.05, 0.1) is 5.92 Å². The van der Waals surface area contributed by atoms with E-state index in [1.807, 2.05) is 6.92 Å². The number of primary amides is 1. The van der Waals surface area contributed by atoms with Crippen LogP contribution in [0.5, 0.6) is 0 Å². The maximum absolute atomic E-state index is 12.5. The van der Waals surface area contributed by atoms with Gasteiger partial charge in [0.25, 0.3) is 0 Å². The molecule has 0 radical (unpaired) electrons. The van der Waals surface area contributed by atoms with E-state index in [0.29, 0.717) is 30.7 Å². The summed E-state index contributed by atoms with van der Waals surface area (Å²) < 4.78 is 37.5. The third-order valence-electron chi connectivity index (χ3n) is 3.19. The molecule has 19 heavy (non-hydrogen) atoms. The Labute approximate surface area is 111 Å². The number of piperidine rings is 1. The molecule has 106 valence electrons. The summed E-state index contributed by atoms with van der Waals surface area (Å²) in [5.41, 5.74) is 5.25. The summed E-state index contributed by atoms with van der Waals surface area (Å²) in [5.74, 6) is -0.785. The standard InChI is InChI=1S/C10H13F3N4OS/c1-5-2-3-6(7(14)18)4-17(5)9-16-15-8(19-9)10(11,12)13/h5-6H,2-4H2,1H3,(H2,14,18)/t5-,6-/m0/s1. The molecule has 2 heterocycles. The van der Waals surface area contributed by atoms with Crippen molar-refractivity contribution in [2.45, 2.75) is 32.0 Å². The zero-order valence-corrected chi connectivity index (χ0v) is 11.0. The number of carbonyl (C=O) groups is 1. The highest BCUT2D eigenvalue weighted by Gasteiger charge is 2.37. The minimum absolute atomic E-state index is 0.0182. The number of alkyl halides is 3. The lowest BCUT2D eigenvalue weighted by Gasteiger charge is -2.36. The van der Waals surface area contributed by atoms with Gasteiger partial charge in [-0.15, -0.1) is 10.2 Å². The SMILES string of the molecule is C[C@H]1CC[C@H](C(N)=O)CN1c1nnc(C(F)(F)F)s1. The van der Waals surface area contributed by atoms with Crippen LogP contribution in [0.4, 0.5) is 18.3 Å². The Balaban J connectivity index is 2.19. The summed E-state index contributed by atoms with van der Waals surface area (Å²) >= 11 is 0.490. The van der Waals surface area contributed by atoms with Crippen molar-refractivity contribution in [1.82, 2.24) is 10.2 Å². The van der Waals surface area contributed by atoms with Gasteiger partial charge in [0, 0.05) is 12.6 Å². The van der Waals surface area contributed by atoms with E-state index in [-0.39, 0.29) is 17.1 Å². The smallest absolute Gasteiger partial charge is 0.369 e. The Morgan fingerprint density at radius 2 is 2.11 bits per heavy atom. The number of aromatic nitrogens is 2. The summed E-state index contributed by atoms with van der Waals surface area (Å²) in [6.45, 7) is 2.18. The number of halogens is 3. The maximum Gasteiger partial charge on any atom is 0.445 e. The Kier molecular flexibility index (Phi) is 3.66. The van der Waals surface area contributed by atoms with Crippen molar-refractivity contribution in [2.75, 3.05) is 11.4 Å². The molecule has 2 rings (SSSR count). The third kappa shape index (κ3) is 2.96. The molecule has 1 aliphatic rings. The molecule has 1 aromatic heterocycles. The molecular weight excluding hydrogens is 281 g/mol. The number of rotatable bonds is 2. The molecule has 2 N–H and O–H groups in total. The highest BCUT2D eigenvalue weighted by atomic mass is 32.1. The number of hydrogen-bond donors (Lipinski definition) is 1. The predicted molar refractivity (Wildman–Crippen MR) is 63.6 cm³/mol. The van der Waals surface area contributed by atoms with Crippen LogP contribution in [-0.2, 0) is 11.0 Å². The molecule has 2 atom stereocenters. The predicted octanol–water partition coefficient (Wildman–Crippen LogP) is 1.65. The molecular formula is C10H13F3N4OS. The first-order valence-electron chi connectivity index (χ1n) is 5.75. The molecule has 0 aliphatic carbocycles. The first-order valence-corrected chi connectivity index (χ1v) is 6.57. The minimum atomic E-state index is -4.49. The van der Waals surface area contributed by atoms with Crippen LogP contribution < -0.4 is 10.6 Å².